The molecule has 1 unspecified atom stereocenters. The molecule has 6 nitrogen and oxygen atoms in total. The highest BCUT2D eigenvalue weighted by atomic mass is 16.3. The molecule has 1 fully saturated rings. The van der Waals surface area contributed by atoms with Crippen molar-refractivity contribution in [2.24, 2.45) is 0 Å². The van der Waals surface area contributed by atoms with Crippen molar-refractivity contribution >= 4 is 17.0 Å². The number of nitrogens with zero attached hydrogens (tertiary/aromatic N) is 3. The van der Waals surface area contributed by atoms with Crippen molar-refractivity contribution in [1.82, 2.24) is 14.8 Å². The number of aromatic nitrogens is 1. The summed E-state index contributed by atoms with van der Waals surface area (Å²) in [7, 11) is 0. The van der Waals surface area contributed by atoms with Gasteiger partial charge in [-0.05, 0) is 26.0 Å². The van der Waals surface area contributed by atoms with Gasteiger partial charge in [0.25, 0.3) is 5.91 Å². The molecular weight excluding hydrogens is 282 g/mol. The molecule has 0 saturated carbocycles. The zero-order valence-electron chi connectivity index (χ0n) is 13.0. The Balaban J connectivity index is 1.68. The molecule has 0 spiro atoms. The summed E-state index contributed by atoms with van der Waals surface area (Å²) >= 11 is 0. The summed E-state index contributed by atoms with van der Waals surface area (Å²) in [5.74, 6) is 0.254. The lowest BCUT2D eigenvalue weighted by molar-refractivity contribution is 0.0530. The third kappa shape index (κ3) is 3.13. The van der Waals surface area contributed by atoms with Crippen molar-refractivity contribution in [3.63, 3.8) is 0 Å². The van der Waals surface area contributed by atoms with Crippen LogP contribution in [0.15, 0.2) is 22.6 Å². The second kappa shape index (κ2) is 6.06. The molecule has 3 heterocycles. The maximum Gasteiger partial charge on any atom is 0.289 e. The fraction of sp³-hybridized carbons (Fsp3) is 0.500. The van der Waals surface area contributed by atoms with E-state index in [1.54, 1.807) is 17.9 Å². The van der Waals surface area contributed by atoms with Gasteiger partial charge >= 0.3 is 0 Å². The topological polar surface area (TPSA) is 69.8 Å². The summed E-state index contributed by atoms with van der Waals surface area (Å²) in [6.45, 7) is 7.18. The number of aliphatic hydroxyl groups excluding tert-OH is 1. The quantitative estimate of drug-likeness (QED) is 0.925. The first-order chi connectivity index (χ1) is 10.5. The van der Waals surface area contributed by atoms with Gasteiger partial charge in [0.15, 0.2) is 11.3 Å². The van der Waals surface area contributed by atoms with E-state index in [0.717, 1.165) is 24.3 Å². The molecular formula is C16H21N3O3. The first-order valence-corrected chi connectivity index (χ1v) is 7.60. The van der Waals surface area contributed by atoms with Crippen LogP contribution in [0.2, 0.25) is 0 Å². The van der Waals surface area contributed by atoms with E-state index >= 15 is 0 Å². The number of pyridine rings is 1. The minimum absolute atomic E-state index is 0.0904. The predicted molar refractivity (Wildman–Crippen MR) is 82.8 cm³/mol. The second-order valence-electron chi connectivity index (χ2n) is 5.89. The Kier molecular flexibility index (Phi) is 4.13. The lowest BCUT2D eigenvalue weighted by atomic mass is 10.2. The molecule has 22 heavy (non-hydrogen) atoms. The van der Waals surface area contributed by atoms with Crippen LogP contribution < -0.4 is 0 Å². The Morgan fingerprint density at radius 1 is 1.36 bits per heavy atom. The summed E-state index contributed by atoms with van der Waals surface area (Å²) in [5, 5.41) is 9.42. The Morgan fingerprint density at radius 2 is 2.09 bits per heavy atom. The highest BCUT2D eigenvalue weighted by Gasteiger charge is 2.25. The number of carbonyl (C=O) groups is 1. The highest BCUT2D eigenvalue weighted by molar-refractivity contribution is 5.95. The number of aliphatic hydroxyl groups is 1. The maximum absolute atomic E-state index is 12.5. The van der Waals surface area contributed by atoms with Gasteiger partial charge in [-0.3, -0.25) is 9.69 Å². The molecule has 1 atom stereocenters. The van der Waals surface area contributed by atoms with Crippen LogP contribution in [0.3, 0.4) is 0 Å². The van der Waals surface area contributed by atoms with Crippen molar-refractivity contribution in [3.05, 3.63) is 29.7 Å². The van der Waals surface area contributed by atoms with Crippen LogP contribution in [0.25, 0.3) is 11.1 Å². The third-order valence-electron chi connectivity index (χ3n) is 3.91. The van der Waals surface area contributed by atoms with Gasteiger partial charge in [-0.2, -0.15) is 0 Å². The normalized spacial score (nSPS) is 17.9. The molecule has 2 aromatic rings. The largest absolute Gasteiger partial charge is 0.449 e. The predicted octanol–water partition coefficient (Wildman–Crippen LogP) is 1.27. The van der Waals surface area contributed by atoms with Crippen LogP contribution in [-0.2, 0) is 0 Å². The monoisotopic (exact) mass is 303 g/mol. The van der Waals surface area contributed by atoms with E-state index in [2.05, 4.69) is 9.88 Å². The zero-order valence-corrected chi connectivity index (χ0v) is 13.0. The van der Waals surface area contributed by atoms with Crippen LogP contribution in [0.1, 0.15) is 23.2 Å². The number of carbonyl (C=O) groups excluding carboxylic acids is 1. The van der Waals surface area contributed by atoms with Crippen molar-refractivity contribution in [3.8, 4) is 0 Å². The lowest BCUT2D eigenvalue weighted by Gasteiger charge is -2.34. The molecule has 2 aromatic heterocycles. The standard InChI is InChI=1S/C16H21N3O3/c1-11-3-4-14-13(17-11)9-15(22-14)16(21)19-7-5-18(6-8-19)10-12(2)20/h3-4,9,12,20H,5-8,10H2,1-2H3. The lowest BCUT2D eigenvalue weighted by Crippen LogP contribution is -2.50. The summed E-state index contributed by atoms with van der Waals surface area (Å²) in [4.78, 5) is 20.8. The SMILES string of the molecule is Cc1ccc2oc(C(=O)N3CCN(CC(C)O)CC3)cc2n1. The minimum Gasteiger partial charge on any atom is -0.449 e. The fourth-order valence-corrected chi connectivity index (χ4v) is 2.79. The van der Waals surface area contributed by atoms with Crippen molar-refractivity contribution in [1.29, 1.82) is 0 Å². The van der Waals surface area contributed by atoms with E-state index in [0.29, 0.717) is 31.0 Å². The van der Waals surface area contributed by atoms with Crippen LogP contribution in [0.4, 0.5) is 0 Å². The Labute approximate surface area is 129 Å². The molecule has 1 N–H and O–H groups in total. The number of hydrogen-bond acceptors (Lipinski definition) is 5. The highest BCUT2D eigenvalue weighted by Crippen LogP contribution is 2.19. The van der Waals surface area contributed by atoms with Crippen LogP contribution >= 0.6 is 0 Å². The van der Waals surface area contributed by atoms with E-state index in [1.165, 1.54) is 0 Å². The van der Waals surface area contributed by atoms with Crippen molar-refractivity contribution in [2.75, 3.05) is 32.7 Å². The molecule has 0 bridgehead atoms. The zero-order chi connectivity index (χ0) is 15.7. The van der Waals surface area contributed by atoms with Gasteiger partial charge in [-0.1, -0.05) is 0 Å². The van der Waals surface area contributed by atoms with Gasteiger partial charge in [-0.25, -0.2) is 4.98 Å². The van der Waals surface area contributed by atoms with Gasteiger partial charge in [-0.15, -0.1) is 0 Å². The number of β-amino-alcohol motifs (C(OH)–C–C–N with tert-alkyl or cyclic N) is 1. The first kappa shape index (κ1) is 15.0. The maximum atomic E-state index is 12.5. The molecule has 1 saturated heterocycles. The number of furan rings is 1. The third-order valence-corrected chi connectivity index (χ3v) is 3.91. The van der Waals surface area contributed by atoms with Crippen LogP contribution in [0.5, 0.6) is 0 Å². The Bertz CT molecular complexity index is 672. The van der Waals surface area contributed by atoms with E-state index in [9.17, 15) is 9.90 Å². The molecule has 1 amide bonds. The minimum atomic E-state index is -0.341. The number of piperazine rings is 1. The van der Waals surface area contributed by atoms with Gasteiger partial charge in [0.1, 0.15) is 5.52 Å². The van der Waals surface area contributed by atoms with Crippen LogP contribution in [-0.4, -0.2) is 64.6 Å². The summed E-state index contributed by atoms with van der Waals surface area (Å²) < 4.78 is 5.62. The molecule has 1 aliphatic heterocycles. The molecule has 0 radical (unpaired) electrons. The van der Waals surface area contributed by atoms with Crippen molar-refractivity contribution in [2.45, 2.75) is 20.0 Å². The first-order valence-electron chi connectivity index (χ1n) is 7.60. The van der Waals surface area contributed by atoms with Gasteiger partial charge in [0.2, 0.25) is 0 Å². The average molecular weight is 303 g/mol. The van der Waals surface area contributed by atoms with Crippen LogP contribution in [0, 0.1) is 6.92 Å². The van der Waals surface area contributed by atoms with E-state index in [-0.39, 0.29) is 12.0 Å². The molecule has 118 valence electrons. The smallest absolute Gasteiger partial charge is 0.289 e. The number of fused-ring (bicyclic) bond motifs is 1. The number of rotatable bonds is 3. The molecule has 0 aliphatic carbocycles. The number of amides is 1. The summed E-state index contributed by atoms with van der Waals surface area (Å²) in [6.07, 6.45) is -0.341. The van der Waals surface area contributed by atoms with Gasteiger partial charge < -0.3 is 14.4 Å². The molecule has 3 rings (SSSR count). The van der Waals surface area contributed by atoms with Gasteiger partial charge in [0.05, 0.1) is 6.10 Å². The van der Waals surface area contributed by atoms with E-state index < -0.39 is 0 Å². The van der Waals surface area contributed by atoms with E-state index in [1.807, 2.05) is 19.1 Å². The Hall–Kier alpha value is -1.92. The summed E-state index contributed by atoms with van der Waals surface area (Å²) in [5.41, 5.74) is 2.26. The molecule has 1 aliphatic rings. The number of hydrogen-bond donors (Lipinski definition) is 1. The Morgan fingerprint density at radius 3 is 2.77 bits per heavy atom. The molecule has 6 heteroatoms. The van der Waals surface area contributed by atoms with Gasteiger partial charge in [0, 0.05) is 44.5 Å². The molecule has 0 aromatic carbocycles. The summed E-state index contributed by atoms with van der Waals surface area (Å²) in [6, 6.07) is 5.43. The average Bonchev–Trinajstić information content (AvgIpc) is 2.89. The van der Waals surface area contributed by atoms with Crippen molar-refractivity contribution < 1.29 is 14.3 Å². The number of aryl methyl sites for hydroxylation is 1. The van der Waals surface area contributed by atoms with E-state index in [4.69, 9.17) is 4.42 Å². The fourth-order valence-electron chi connectivity index (χ4n) is 2.79. The second-order valence-corrected chi connectivity index (χ2v) is 5.89.